The molecule has 23 heavy (non-hydrogen) atoms. The fraction of sp³-hybridized carbons (Fsp3) is 0.222. The van der Waals surface area contributed by atoms with Gasteiger partial charge in [0.25, 0.3) is 11.8 Å². The molecule has 5 nitrogen and oxygen atoms in total. The number of aryl methyl sites for hydroxylation is 2. The predicted molar refractivity (Wildman–Crippen MR) is 88.5 cm³/mol. The maximum atomic E-state index is 12.1. The van der Waals surface area contributed by atoms with Gasteiger partial charge in [-0.3, -0.25) is 20.4 Å². The number of hydrogen-bond donors (Lipinski definition) is 2. The molecule has 0 atom stereocenters. The van der Waals surface area contributed by atoms with Crippen LogP contribution < -0.4 is 15.6 Å². The van der Waals surface area contributed by atoms with E-state index >= 15 is 0 Å². The van der Waals surface area contributed by atoms with Crippen LogP contribution in [0.4, 0.5) is 0 Å². The Balaban J connectivity index is 1.96. The number of carbonyl (C=O) groups is 2. The molecule has 2 amide bonds. The summed E-state index contributed by atoms with van der Waals surface area (Å²) in [5.41, 5.74) is 7.76. The summed E-state index contributed by atoms with van der Waals surface area (Å²) in [6.07, 6.45) is 0. The number of hydrazine groups is 1. The predicted octanol–water partition coefficient (Wildman–Crippen LogP) is 2.78. The van der Waals surface area contributed by atoms with Crippen molar-refractivity contribution in [1.82, 2.24) is 10.9 Å². The molecule has 0 aliphatic rings. The van der Waals surface area contributed by atoms with Crippen LogP contribution in [-0.4, -0.2) is 18.4 Å². The Bertz CT molecular complexity index is 688. The van der Waals surface area contributed by atoms with Crippen LogP contribution in [0.3, 0.4) is 0 Å². The topological polar surface area (TPSA) is 67.4 Å². The summed E-state index contributed by atoms with van der Waals surface area (Å²) in [4.78, 5) is 24.1. The van der Waals surface area contributed by atoms with Gasteiger partial charge >= 0.3 is 0 Å². The first-order valence-electron chi connectivity index (χ1n) is 7.41. The van der Waals surface area contributed by atoms with E-state index in [-0.39, 0.29) is 11.8 Å². The Morgan fingerprint density at radius 1 is 0.870 bits per heavy atom. The Kier molecular flexibility index (Phi) is 5.36. The monoisotopic (exact) mass is 312 g/mol. The van der Waals surface area contributed by atoms with Crippen LogP contribution in [0.25, 0.3) is 0 Å². The van der Waals surface area contributed by atoms with Gasteiger partial charge in [0.05, 0.1) is 6.61 Å². The highest BCUT2D eigenvalue weighted by Gasteiger charge is 2.10. The van der Waals surface area contributed by atoms with Crippen LogP contribution in [0.5, 0.6) is 5.75 Å². The van der Waals surface area contributed by atoms with Gasteiger partial charge in [-0.05, 0) is 57.2 Å². The van der Waals surface area contributed by atoms with E-state index in [9.17, 15) is 9.59 Å². The van der Waals surface area contributed by atoms with E-state index in [1.54, 1.807) is 36.4 Å². The lowest BCUT2D eigenvalue weighted by molar-refractivity contribution is 0.0846. The van der Waals surface area contributed by atoms with Gasteiger partial charge in [-0.15, -0.1) is 0 Å². The molecule has 0 spiro atoms. The molecule has 0 unspecified atom stereocenters. The van der Waals surface area contributed by atoms with Crippen molar-refractivity contribution in [2.24, 2.45) is 0 Å². The van der Waals surface area contributed by atoms with Crippen molar-refractivity contribution in [3.8, 4) is 5.75 Å². The van der Waals surface area contributed by atoms with E-state index < -0.39 is 0 Å². The summed E-state index contributed by atoms with van der Waals surface area (Å²) < 4.78 is 5.32. The second-order valence-electron chi connectivity index (χ2n) is 5.24. The van der Waals surface area contributed by atoms with Crippen molar-refractivity contribution >= 4 is 11.8 Å². The average molecular weight is 312 g/mol. The second-order valence-corrected chi connectivity index (χ2v) is 5.24. The molecule has 0 radical (unpaired) electrons. The van der Waals surface area contributed by atoms with E-state index in [0.717, 1.165) is 11.1 Å². The van der Waals surface area contributed by atoms with Gasteiger partial charge in [0, 0.05) is 11.1 Å². The zero-order valence-electron chi connectivity index (χ0n) is 13.5. The molecule has 2 aromatic carbocycles. The van der Waals surface area contributed by atoms with Crippen molar-refractivity contribution < 1.29 is 14.3 Å². The molecular weight excluding hydrogens is 292 g/mol. The summed E-state index contributed by atoms with van der Waals surface area (Å²) >= 11 is 0. The van der Waals surface area contributed by atoms with E-state index in [0.29, 0.717) is 23.5 Å². The molecule has 0 saturated heterocycles. The van der Waals surface area contributed by atoms with Crippen LogP contribution in [0.2, 0.25) is 0 Å². The summed E-state index contributed by atoms with van der Waals surface area (Å²) in [6, 6.07) is 12.2. The van der Waals surface area contributed by atoms with E-state index in [2.05, 4.69) is 10.9 Å². The van der Waals surface area contributed by atoms with Crippen LogP contribution in [0.1, 0.15) is 38.8 Å². The number of hydrogen-bond acceptors (Lipinski definition) is 3. The molecule has 0 fully saturated rings. The maximum Gasteiger partial charge on any atom is 0.269 e. The lowest BCUT2D eigenvalue weighted by Crippen LogP contribution is -2.41. The summed E-state index contributed by atoms with van der Waals surface area (Å²) in [7, 11) is 0. The largest absolute Gasteiger partial charge is 0.494 e. The highest BCUT2D eigenvalue weighted by Crippen LogP contribution is 2.12. The Morgan fingerprint density at radius 2 is 1.39 bits per heavy atom. The molecule has 120 valence electrons. The SMILES string of the molecule is CCOc1ccc(C(=O)NNC(=O)c2cc(C)cc(C)c2)cc1. The van der Waals surface area contributed by atoms with Crippen LogP contribution >= 0.6 is 0 Å². The first-order chi connectivity index (χ1) is 11.0. The highest BCUT2D eigenvalue weighted by molar-refractivity contribution is 5.99. The molecule has 0 bridgehead atoms. The maximum absolute atomic E-state index is 12.1. The summed E-state index contributed by atoms with van der Waals surface area (Å²) in [6.45, 7) is 6.30. The van der Waals surface area contributed by atoms with Gasteiger partial charge in [-0.2, -0.15) is 0 Å². The van der Waals surface area contributed by atoms with Gasteiger partial charge in [0.2, 0.25) is 0 Å². The minimum Gasteiger partial charge on any atom is -0.494 e. The number of ether oxygens (including phenoxy) is 1. The van der Waals surface area contributed by atoms with Crippen LogP contribution in [0.15, 0.2) is 42.5 Å². The van der Waals surface area contributed by atoms with Gasteiger partial charge in [0.1, 0.15) is 5.75 Å². The van der Waals surface area contributed by atoms with Crippen molar-refractivity contribution in [3.63, 3.8) is 0 Å². The van der Waals surface area contributed by atoms with Gasteiger partial charge in [-0.25, -0.2) is 0 Å². The van der Waals surface area contributed by atoms with E-state index in [1.165, 1.54) is 0 Å². The van der Waals surface area contributed by atoms with Crippen LogP contribution in [-0.2, 0) is 0 Å². The van der Waals surface area contributed by atoms with E-state index in [1.807, 2.05) is 26.8 Å². The fourth-order valence-electron chi connectivity index (χ4n) is 2.23. The zero-order valence-corrected chi connectivity index (χ0v) is 13.5. The lowest BCUT2D eigenvalue weighted by Gasteiger charge is -2.09. The Morgan fingerprint density at radius 3 is 1.91 bits per heavy atom. The smallest absolute Gasteiger partial charge is 0.269 e. The minimum absolute atomic E-state index is 0.351. The Hall–Kier alpha value is -2.82. The van der Waals surface area contributed by atoms with Gasteiger partial charge in [-0.1, -0.05) is 17.2 Å². The molecule has 0 aliphatic heterocycles. The third-order valence-electron chi connectivity index (χ3n) is 3.20. The van der Waals surface area contributed by atoms with Crippen molar-refractivity contribution in [1.29, 1.82) is 0 Å². The molecule has 5 heteroatoms. The number of benzene rings is 2. The Labute approximate surface area is 135 Å². The molecule has 2 aromatic rings. The number of nitrogens with one attached hydrogen (secondary N) is 2. The fourth-order valence-corrected chi connectivity index (χ4v) is 2.23. The molecule has 2 rings (SSSR count). The summed E-state index contributed by atoms with van der Waals surface area (Å²) in [5, 5.41) is 0. The van der Waals surface area contributed by atoms with Crippen molar-refractivity contribution in [2.75, 3.05) is 6.61 Å². The van der Waals surface area contributed by atoms with Gasteiger partial charge in [0.15, 0.2) is 0 Å². The second kappa shape index (κ2) is 7.45. The third kappa shape index (κ3) is 4.57. The van der Waals surface area contributed by atoms with Crippen molar-refractivity contribution in [2.45, 2.75) is 20.8 Å². The quantitative estimate of drug-likeness (QED) is 0.853. The van der Waals surface area contributed by atoms with Gasteiger partial charge < -0.3 is 4.74 Å². The summed E-state index contributed by atoms with van der Waals surface area (Å²) in [5.74, 6) is -0.0369. The number of carbonyl (C=O) groups excluding carboxylic acids is 2. The molecule has 0 aliphatic carbocycles. The third-order valence-corrected chi connectivity index (χ3v) is 3.20. The first kappa shape index (κ1) is 16.5. The van der Waals surface area contributed by atoms with E-state index in [4.69, 9.17) is 4.74 Å². The average Bonchev–Trinajstić information content (AvgIpc) is 2.52. The molecular formula is C18H20N2O3. The molecule has 0 aromatic heterocycles. The number of rotatable bonds is 4. The standard InChI is InChI=1S/C18H20N2O3/c1-4-23-16-7-5-14(6-8-16)17(21)19-20-18(22)15-10-12(2)9-13(3)11-15/h5-11H,4H2,1-3H3,(H,19,21)(H,20,22). The molecule has 0 saturated carbocycles. The molecule has 0 heterocycles. The molecule has 2 N–H and O–H groups in total. The number of amides is 2. The minimum atomic E-state index is -0.384. The normalized spacial score (nSPS) is 10.0. The first-order valence-corrected chi connectivity index (χ1v) is 7.41. The van der Waals surface area contributed by atoms with Crippen molar-refractivity contribution in [3.05, 3.63) is 64.7 Å². The zero-order chi connectivity index (χ0) is 16.8. The highest BCUT2D eigenvalue weighted by atomic mass is 16.5. The van der Waals surface area contributed by atoms with Crippen LogP contribution in [0, 0.1) is 13.8 Å². The lowest BCUT2D eigenvalue weighted by atomic mass is 10.1.